The molecule has 0 aromatic heterocycles. The van der Waals surface area contributed by atoms with Gasteiger partial charge in [0.15, 0.2) is 0 Å². The predicted molar refractivity (Wildman–Crippen MR) is 142 cm³/mol. The van der Waals surface area contributed by atoms with E-state index in [4.69, 9.17) is 0 Å². The molecule has 0 saturated heterocycles. The summed E-state index contributed by atoms with van der Waals surface area (Å²) in [5, 5.41) is 2.71. The van der Waals surface area contributed by atoms with Crippen molar-refractivity contribution in [2.75, 3.05) is 17.8 Å². The van der Waals surface area contributed by atoms with Crippen LogP contribution in [0.2, 0.25) is 0 Å². The number of thioether (sulfide) groups is 1. The van der Waals surface area contributed by atoms with E-state index in [1.165, 1.54) is 16.7 Å². The molecule has 164 valence electrons. The van der Waals surface area contributed by atoms with Crippen LogP contribution in [-0.4, -0.2) is 18.9 Å². The van der Waals surface area contributed by atoms with Gasteiger partial charge in [-0.25, -0.2) is 0 Å². The number of hydrogen-bond acceptors (Lipinski definition) is 2. The second-order valence-electron chi connectivity index (χ2n) is 6.81. The van der Waals surface area contributed by atoms with Gasteiger partial charge in [-0.1, -0.05) is 86.2 Å². The zero-order valence-electron chi connectivity index (χ0n) is 19.4. The quantitative estimate of drug-likeness (QED) is 0.500. The molecule has 1 aliphatic rings. The number of amides is 1. The summed E-state index contributed by atoms with van der Waals surface area (Å²) in [5.41, 5.74) is 6.99. The molecule has 1 amide bonds. The van der Waals surface area contributed by atoms with Crippen LogP contribution in [0.5, 0.6) is 0 Å². The number of anilines is 1. The molecule has 0 atom stereocenters. The molecule has 2 aromatic rings. The highest BCUT2D eigenvalue weighted by molar-refractivity contribution is 7.97. The summed E-state index contributed by atoms with van der Waals surface area (Å²) in [6.45, 7) is 6.18. The van der Waals surface area contributed by atoms with E-state index in [9.17, 15) is 4.79 Å². The molecule has 31 heavy (non-hydrogen) atoms. The SMILES string of the molecule is CC.CSC.C\C1=C/C=C\C=C\C(=C/c2cccc(NC=O)c2)c2ccccc2CC1. The van der Waals surface area contributed by atoms with Gasteiger partial charge in [-0.15, -0.1) is 0 Å². The van der Waals surface area contributed by atoms with Crippen LogP contribution in [-0.2, 0) is 11.2 Å². The fourth-order valence-electron chi connectivity index (χ4n) is 3.06. The van der Waals surface area contributed by atoms with Crippen molar-refractivity contribution in [3.8, 4) is 0 Å². The van der Waals surface area contributed by atoms with Gasteiger partial charge in [0.25, 0.3) is 0 Å². The van der Waals surface area contributed by atoms with Crippen molar-refractivity contribution in [3.05, 3.63) is 101 Å². The highest BCUT2D eigenvalue weighted by atomic mass is 32.2. The predicted octanol–water partition coefficient (Wildman–Crippen LogP) is 7.81. The maximum Gasteiger partial charge on any atom is 0.211 e. The number of benzene rings is 2. The number of aryl methyl sites for hydroxylation is 1. The Bertz CT molecular complexity index is 922. The van der Waals surface area contributed by atoms with Crippen LogP contribution < -0.4 is 5.32 Å². The second-order valence-corrected chi connectivity index (χ2v) is 7.63. The maximum absolute atomic E-state index is 10.7. The summed E-state index contributed by atoms with van der Waals surface area (Å²) >= 11 is 1.75. The van der Waals surface area contributed by atoms with E-state index >= 15 is 0 Å². The summed E-state index contributed by atoms with van der Waals surface area (Å²) < 4.78 is 0. The highest BCUT2D eigenvalue weighted by Gasteiger charge is 2.07. The molecule has 1 aliphatic carbocycles. The second kappa shape index (κ2) is 16.0. The van der Waals surface area contributed by atoms with Crippen LogP contribution in [0.25, 0.3) is 11.6 Å². The van der Waals surface area contributed by atoms with Gasteiger partial charge in [-0.05, 0) is 72.7 Å². The van der Waals surface area contributed by atoms with Gasteiger partial charge in [0, 0.05) is 5.69 Å². The molecular formula is C28H35NOS. The van der Waals surface area contributed by atoms with E-state index in [1.807, 2.05) is 50.6 Å². The van der Waals surface area contributed by atoms with Crippen LogP contribution in [0, 0.1) is 0 Å². The van der Waals surface area contributed by atoms with Crippen molar-refractivity contribution in [1.29, 1.82) is 0 Å². The Kier molecular flexibility index (Phi) is 13.5. The molecule has 0 spiro atoms. The van der Waals surface area contributed by atoms with E-state index in [1.54, 1.807) is 11.8 Å². The third kappa shape index (κ3) is 9.71. The monoisotopic (exact) mass is 433 g/mol. The molecule has 0 heterocycles. The third-order valence-electron chi connectivity index (χ3n) is 4.43. The average Bonchev–Trinajstić information content (AvgIpc) is 2.82. The summed E-state index contributed by atoms with van der Waals surface area (Å²) in [5.74, 6) is 0. The lowest BCUT2D eigenvalue weighted by Crippen LogP contribution is -1.95. The number of carbonyl (C=O) groups is 1. The largest absolute Gasteiger partial charge is 0.329 e. The lowest BCUT2D eigenvalue weighted by atomic mass is 9.94. The minimum absolute atomic E-state index is 0.703. The Balaban J connectivity index is 0.000000884. The number of hydrogen-bond donors (Lipinski definition) is 1. The van der Waals surface area contributed by atoms with Gasteiger partial charge >= 0.3 is 0 Å². The molecule has 2 nitrogen and oxygen atoms in total. The molecule has 1 N–H and O–H groups in total. The average molecular weight is 434 g/mol. The normalized spacial score (nSPS) is 17.7. The number of rotatable bonds is 3. The third-order valence-corrected chi connectivity index (χ3v) is 4.43. The maximum atomic E-state index is 10.7. The molecule has 3 rings (SSSR count). The first-order valence-corrected chi connectivity index (χ1v) is 12.3. The number of nitrogens with one attached hydrogen (secondary N) is 1. The van der Waals surface area contributed by atoms with Crippen LogP contribution in [0.3, 0.4) is 0 Å². The molecule has 3 heteroatoms. The summed E-state index contributed by atoms with van der Waals surface area (Å²) in [6.07, 6.45) is 19.6. The summed E-state index contributed by atoms with van der Waals surface area (Å²) in [4.78, 5) is 10.7. The van der Waals surface area contributed by atoms with Crippen molar-refractivity contribution < 1.29 is 4.79 Å². The van der Waals surface area contributed by atoms with Crippen molar-refractivity contribution in [2.24, 2.45) is 0 Å². The van der Waals surface area contributed by atoms with E-state index in [-0.39, 0.29) is 0 Å². The van der Waals surface area contributed by atoms with E-state index < -0.39 is 0 Å². The van der Waals surface area contributed by atoms with Crippen molar-refractivity contribution in [2.45, 2.75) is 33.6 Å². The highest BCUT2D eigenvalue weighted by Crippen LogP contribution is 2.26. The van der Waals surface area contributed by atoms with Gasteiger partial charge in [0.05, 0.1) is 0 Å². The zero-order chi connectivity index (χ0) is 22.9. The fourth-order valence-corrected chi connectivity index (χ4v) is 3.06. The Morgan fingerprint density at radius 2 is 1.68 bits per heavy atom. The Hall–Kier alpha value is -2.78. The molecule has 0 fully saturated rings. The van der Waals surface area contributed by atoms with E-state index in [0.717, 1.165) is 29.7 Å². The van der Waals surface area contributed by atoms with Crippen LogP contribution in [0.15, 0.2) is 84.5 Å². The fraction of sp³-hybridized carbons (Fsp3) is 0.250. The molecular weight excluding hydrogens is 398 g/mol. The van der Waals surface area contributed by atoms with Gasteiger partial charge in [0.1, 0.15) is 0 Å². The first-order chi connectivity index (χ1) is 15.2. The minimum atomic E-state index is 0.703. The zero-order valence-corrected chi connectivity index (χ0v) is 20.2. The Morgan fingerprint density at radius 3 is 2.42 bits per heavy atom. The standard InChI is InChI=1S/C24H23NO.C2H6S.C2H6/c1-19-8-3-2-4-11-22(24-13-6-5-10-21(24)15-14-19)16-20-9-7-12-23(17-20)25-18-26;1-3-2;1-2/h2-13,16-18H,14-15H2,1H3,(H,25,26);1-2H3;1-2H3/b3-2-,11-4+,19-8+,22-16+;;. The molecule has 0 radical (unpaired) electrons. The molecule has 0 bridgehead atoms. The number of carbonyl (C=O) groups excluding carboxylic acids is 1. The molecule has 0 aliphatic heterocycles. The van der Waals surface area contributed by atoms with Gasteiger partial charge in [-0.2, -0.15) is 11.8 Å². The van der Waals surface area contributed by atoms with Gasteiger partial charge in [-0.3, -0.25) is 4.79 Å². The molecule has 0 unspecified atom stereocenters. The topological polar surface area (TPSA) is 29.1 Å². The van der Waals surface area contributed by atoms with E-state index in [2.05, 4.69) is 73.0 Å². The van der Waals surface area contributed by atoms with Crippen molar-refractivity contribution >= 4 is 35.5 Å². The summed E-state index contributed by atoms with van der Waals surface area (Å²) in [7, 11) is 0. The molecule has 2 aromatic carbocycles. The van der Waals surface area contributed by atoms with Crippen LogP contribution >= 0.6 is 11.8 Å². The smallest absolute Gasteiger partial charge is 0.211 e. The number of allylic oxidation sites excluding steroid dienone is 7. The molecule has 0 saturated carbocycles. The lowest BCUT2D eigenvalue weighted by molar-refractivity contribution is -0.105. The van der Waals surface area contributed by atoms with Crippen molar-refractivity contribution in [3.63, 3.8) is 0 Å². The minimum Gasteiger partial charge on any atom is -0.329 e. The first kappa shape index (κ1) is 26.3. The van der Waals surface area contributed by atoms with Crippen molar-refractivity contribution in [1.82, 2.24) is 0 Å². The first-order valence-electron chi connectivity index (χ1n) is 10.7. The lowest BCUT2D eigenvalue weighted by Gasteiger charge is -2.11. The summed E-state index contributed by atoms with van der Waals surface area (Å²) in [6, 6.07) is 16.4. The Labute approximate surface area is 192 Å². The van der Waals surface area contributed by atoms with Crippen LogP contribution in [0.1, 0.15) is 43.9 Å². The van der Waals surface area contributed by atoms with Gasteiger partial charge < -0.3 is 5.32 Å². The Morgan fingerprint density at radius 1 is 0.935 bits per heavy atom. The van der Waals surface area contributed by atoms with Crippen LogP contribution in [0.4, 0.5) is 5.69 Å². The van der Waals surface area contributed by atoms with E-state index in [0.29, 0.717) is 6.41 Å². The number of fused-ring (bicyclic) bond motifs is 1. The van der Waals surface area contributed by atoms with Gasteiger partial charge in [0.2, 0.25) is 6.41 Å².